The minimum Gasteiger partial charge on any atom is -0.449 e. The summed E-state index contributed by atoms with van der Waals surface area (Å²) in [5, 5.41) is 11.1. The van der Waals surface area contributed by atoms with Crippen molar-refractivity contribution in [1.82, 2.24) is 4.90 Å². The highest BCUT2D eigenvalue weighted by molar-refractivity contribution is 6.33. The van der Waals surface area contributed by atoms with Gasteiger partial charge < -0.3 is 19.2 Å². The number of anilines is 1. The number of hydrogen-bond acceptors (Lipinski definition) is 5. The van der Waals surface area contributed by atoms with Crippen molar-refractivity contribution >= 4 is 46.0 Å². The van der Waals surface area contributed by atoms with Gasteiger partial charge in [0.15, 0.2) is 0 Å². The molecule has 0 atom stereocenters. The first-order chi connectivity index (χ1) is 13.9. The first-order valence-electron chi connectivity index (χ1n) is 9.26. The third-order valence-corrected chi connectivity index (χ3v) is 5.83. The van der Waals surface area contributed by atoms with E-state index in [1.807, 2.05) is 31.2 Å². The Morgan fingerprint density at radius 1 is 1.14 bits per heavy atom. The Kier molecular flexibility index (Phi) is 5.58. The molecule has 1 saturated heterocycles. The van der Waals surface area contributed by atoms with E-state index < -0.39 is 6.16 Å². The highest BCUT2D eigenvalue weighted by Gasteiger charge is 2.21. The number of hydrogen-bond donors (Lipinski definition) is 1. The van der Waals surface area contributed by atoms with Gasteiger partial charge in [0.25, 0.3) is 5.95 Å². The van der Waals surface area contributed by atoms with Crippen LogP contribution in [0.15, 0.2) is 40.8 Å². The van der Waals surface area contributed by atoms with E-state index >= 15 is 0 Å². The summed E-state index contributed by atoms with van der Waals surface area (Å²) in [6, 6.07) is 11.0. The maximum atomic E-state index is 10.7. The number of carboxylic acid groups (broad SMARTS) is 1. The Morgan fingerprint density at radius 3 is 2.62 bits per heavy atom. The summed E-state index contributed by atoms with van der Waals surface area (Å²) in [7, 11) is 0. The first kappa shape index (κ1) is 19.9. The minimum atomic E-state index is -1.39. The highest BCUT2D eigenvalue weighted by Crippen LogP contribution is 2.34. The Bertz CT molecular complexity index is 1060. The highest BCUT2D eigenvalue weighted by atomic mass is 35.5. The van der Waals surface area contributed by atoms with Crippen LogP contribution in [0.25, 0.3) is 11.0 Å². The summed E-state index contributed by atoms with van der Waals surface area (Å²) in [5.41, 5.74) is 3.80. The minimum absolute atomic E-state index is 0.0176. The largest absolute Gasteiger partial charge is 0.513 e. The summed E-state index contributed by atoms with van der Waals surface area (Å²) in [6.07, 6.45) is -1.39. The quantitative estimate of drug-likeness (QED) is 0.552. The van der Waals surface area contributed by atoms with Gasteiger partial charge in [-0.1, -0.05) is 23.2 Å². The third kappa shape index (κ3) is 4.29. The topological polar surface area (TPSA) is 66.2 Å². The molecule has 0 aliphatic carbocycles. The number of ether oxygens (including phenoxy) is 1. The Labute approximate surface area is 178 Å². The molecule has 0 amide bonds. The number of rotatable bonds is 4. The van der Waals surface area contributed by atoms with E-state index in [4.69, 9.17) is 32.7 Å². The van der Waals surface area contributed by atoms with Gasteiger partial charge in [-0.2, -0.15) is 0 Å². The third-order valence-electron chi connectivity index (χ3n) is 5.22. The van der Waals surface area contributed by atoms with Gasteiger partial charge >= 0.3 is 6.16 Å². The van der Waals surface area contributed by atoms with Crippen LogP contribution in [0.5, 0.6) is 5.95 Å². The summed E-state index contributed by atoms with van der Waals surface area (Å²) in [6.45, 7) is 6.33. The first-order valence-corrected chi connectivity index (χ1v) is 10.0. The molecule has 0 radical (unpaired) electrons. The van der Waals surface area contributed by atoms with Crippen LogP contribution >= 0.6 is 23.2 Å². The van der Waals surface area contributed by atoms with E-state index in [0.29, 0.717) is 10.6 Å². The molecule has 4 rings (SSSR count). The van der Waals surface area contributed by atoms with E-state index in [9.17, 15) is 4.79 Å². The average Bonchev–Trinajstić information content (AvgIpc) is 3.09. The van der Waals surface area contributed by atoms with Gasteiger partial charge in [0.1, 0.15) is 5.58 Å². The van der Waals surface area contributed by atoms with Crippen molar-refractivity contribution in [2.24, 2.45) is 0 Å². The smallest absolute Gasteiger partial charge is 0.449 e. The molecule has 2 aromatic carbocycles. The molecule has 8 heteroatoms. The van der Waals surface area contributed by atoms with Crippen LogP contribution in [-0.4, -0.2) is 42.3 Å². The van der Waals surface area contributed by atoms with E-state index in [2.05, 4.69) is 14.5 Å². The van der Waals surface area contributed by atoms with Gasteiger partial charge in [-0.3, -0.25) is 4.90 Å². The van der Waals surface area contributed by atoms with Gasteiger partial charge in [-0.15, -0.1) is 0 Å². The molecule has 1 fully saturated rings. The molecule has 29 heavy (non-hydrogen) atoms. The van der Waals surface area contributed by atoms with E-state index in [1.54, 1.807) is 12.1 Å². The Balaban J connectivity index is 1.46. The molecule has 0 unspecified atom stereocenters. The van der Waals surface area contributed by atoms with E-state index in [-0.39, 0.29) is 5.95 Å². The molecule has 1 N–H and O–H groups in total. The molecule has 0 saturated carbocycles. The van der Waals surface area contributed by atoms with Gasteiger partial charge in [-0.05, 0) is 48.4 Å². The number of aryl methyl sites for hydroxylation is 1. The number of fused-ring (bicyclic) bond motifs is 1. The van der Waals surface area contributed by atoms with Crippen molar-refractivity contribution in [3.05, 3.63) is 57.6 Å². The molecule has 1 aliphatic rings. The molecule has 3 aromatic rings. The summed E-state index contributed by atoms with van der Waals surface area (Å²) < 4.78 is 10.1. The SMILES string of the molecule is Cc1c(N2CCN(Cc3cc(Cl)ccc3Cl)CC2)ccc2oc(OC(=O)O)cc12. The fourth-order valence-electron chi connectivity index (χ4n) is 3.75. The van der Waals surface area contributed by atoms with E-state index in [0.717, 1.165) is 59.9 Å². The lowest BCUT2D eigenvalue weighted by Crippen LogP contribution is -2.46. The second kappa shape index (κ2) is 8.14. The maximum Gasteiger partial charge on any atom is 0.513 e. The van der Waals surface area contributed by atoms with Gasteiger partial charge in [0, 0.05) is 59.9 Å². The number of piperazine rings is 1. The van der Waals surface area contributed by atoms with Crippen LogP contribution in [0.4, 0.5) is 10.5 Å². The Morgan fingerprint density at radius 2 is 1.90 bits per heavy atom. The van der Waals surface area contributed by atoms with Crippen LogP contribution in [-0.2, 0) is 6.54 Å². The number of furan rings is 1. The maximum absolute atomic E-state index is 10.7. The normalized spacial score (nSPS) is 15.1. The molecule has 152 valence electrons. The summed E-state index contributed by atoms with van der Waals surface area (Å²) in [5.74, 6) is -0.0176. The molecule has 1 aromatic heterocycles. The lowest BCUT2D eigenvalue weighted by molar-refractivity contribution is 0.134. The average molecular weight is 435 g/mol. The second-order valence-corrected chi connectivity index (χ2v) is 7.90. The van der Waals surface area contributed by atoms with Crippen LogP contribution in [0.2, 0.25) is 10.0 Å². The lowest BCUT2D eigenvalue weighted by atomic mass is 10.1. The zero-order chi connectivity index (χ0) is 20.5. The van der Waals surface area contributed by atoms with Crippen molar-refractivity contribution in [1.29, 1.82) is 0 Å². The molecular formula is C21H20Cl2N2O4. The van der Waals surface area contributed by atoms with Crippen molar-refractivity contribution in [2.45, 2.75) is 13.5 Å². The van der Waals surface area contributed by atoms with Crippen molar-refractivity contribution < 1.29 is 19.1 Å². The lowest BCUT2D eigenvalue weighted by Gasteiger charge is -2.37. The van der Waals surface area contributed by atoms with Gasteiger partial charge in [0.2, 0.25) is 0 Å². The standard InChI is InChI=1S/C21H20Cl2N2O4/c1-13-16-11-20(29-21(26)27)28-19(16)5-4-18(13)25-8-6-24(7-9-25)12-14-10-15(22)2-3-17(14)23/h2-5,10-11H,6-9,12H2,1H3,(H,26,27). The van der Waals surface area contributed by atoms with E-state index in [1.165, 1.54) is 0 Å². The molecule has 1 aliphatic heterocycles. The number of carbonyl (C=O) groups is 1. The second-order valence-electron chi connectivity index (χ2n) is 7.05. The summed E-state index contributed by atoms with van der Waals surface area (Å²) in [4.78, 5) is 15.4. The number of nitrogens with zero attached hydrogens (tertiary/aromatic N) is 2. The van der Waals surface area contributed by atoms with Crippen LogP contribution in [0.1, 0.15) is 11.1 Å². The van der Waals surface area contributed by atoms with Crippen molar-refractivity contribution in [3.63, 3.8) is 0 Å². The fraction of sp³-hybridized carbons (Fsp3) is 0.286. The molecule has 0 spiro atoms. The van der Waals surface area contributed by atoms with Crippen LogP contribution in [0, 0.1) is 6.92 Å². The number of halogens is 2. The molecule has 2 heterocycles. The summed E-state index contributed by atoms with van der Waals surface area (Å²) >= 11 is 12.4. The zero-order valence-corrected chi connectivity index (χ0v) is 17.3. The van der Waals surface area contributed by atoms with Gasteiger partial charge in [-0.25, -0.2) is 4.79 Å². The van der Waals surface area contributed by atoms with Crippen LogP contribution < -0.4 is 9.64 Å². The van der Waals surface area contributed by atoms with Gasteiger partial charge in [0.05, 0.1) is 0 Å². The van der Waals surface area contributed by atoms with Crippen molar-refractivity contribution in [3.8, 4) is 5.95 Å². The number of benzene rings is 2. The zero-order valence-electron chi connectivity index (χ0n) is 15.8. The predicted octanol–water partition coefficient (Wildman–Crippen LogP) is 5.43. The predicted molar refractivity (Wildman–Crippen MR) is 114 cm³/mol. The molecule has 0 bridgehead atoms. The Hall–Kier alpha value is -2.41. The molecule has 6 nitrogen and oxygen atoms in total. The van der Waals surface area contributed by atoms with Crippen molar-refractivity contribution in [2.75, 3.05) is 31.1 Å². The van der Waals surface area contributed by atoms with Crippen LogP contribution in [0.3, 0.4) is 0 Å². The molecular weight excluding hydrogens is 415 g/mol. The fourth-order valence-corrected chi connectivity index (χ4v) is 4.12. The monoisotopic (exact) mass is 434 g/mol.